The molecule has 0 radical (unpaired) electrons. The van der Waals surface area contributed by atoms with E-state index in [4.69, 9.17) is 10.5 Å². The van der Waals surface area contributed by atoms with Crippen molar-refractivity contribution < 1.29 is 19.1 Å². The average Bonchev–Trinajstić information content (AvgIpc) is 3.19. The number of anilines is 1. The minimum absolute atomic E-state index is 0.225. The van der Waals surface area contributed by atoms with Gasteiger partial charge < -0.3 is 25.6 Å². The number of ether oxygens (including phenoxy) is 1. The van der Waals surface area contributed by atoms with E-state index >= 15 is 0 Å². The highest BCUT2D eigenvalue weighted by atomic mass is 16.6. The van der Waals surface area contributed by atoms with E-state index in [1.807, 2.05) is 55.5 Å². The summed E-state index contributed by atoms with van der Waals surface area (Å²) in [6, 6.07) is 16.8. The summed E-state index contributed by atoms with van der Waals surface area (Å²) in [7, 11) is 0. The number of pyridine rings is 1. The van der Waals surface area contributed by atoms with Crippen molar-refractivity contribution in [1.29, 1.82) is 0 Å². The van der Waals surface area contributed by atoms with Gasteiger partial charge in [-0.2, -0.15) is 0 Å². The van der Waals surface area contributed by atoms with Gasteiger partial charge in [-0.3, -0.25) is 14.6 Å². The molecule has 236 valence electrons. The van der Waals surface area contributed by atoms with E-state index in [1.165, 1.54) is 0 Å². The third-order valence-corrected chi connectivity index (χ3v) is 7.35. The van der Waals surface area contributed by atoms with Crippen LogP contribution in [0.5, 0.6) is 0 Å². The Hall–Kier alpha value is -4.99. The fourth-order valence-corrected chi connectivity index (χ4v) is 5.16. The van der Waals surface area contributed by atoms with Gasteiger partial charge in [-0.15, -0.1) is 0 Å². The molecule has 10 nitrogen and oxygen atoms in total. The number of aliphatic imine (C=N–C) groups is 1. The molecule has 1 aromatic heterocycles. The highest BCUT2D eigenvalue weighted by Crippen LogP contribution is 2.28. The maximum Gasteiger partial charge on any atom is 0.410 e. The monoisotopic (exact) mass is 610 g/mol. The normalized spacial score (nSPS) is 13.4. The number of benzene rings is 2. The van der Waals surface area contributed by atoms with Gasteiger partial charge in [0.1, 0.15) is 12.4 Å². The maximum absolute atomic E-state index is 13.0. The van der Waals surface area contributed by atoms with Gasteiger partial charge in [0.05, 0.1) is 24.1 Å². The molecule has 0 unspecified atom stereocenters. The summed E-state index contributed by atoms with van der Waals surface area (Å²) in [6.45, 7) is 9.09. The lowest BCUT2D eigenvalue weighted by Gasteiger charge is -2.27. The topological polar surface area (TPSA) is 130 Å². The number of hydrogen-bond donors (Lipinski definition) is 2. The Balaban J connectivity index is 0.000000448. The molecule has 0 saturated carbocycles. The van der Waals surface area contributed by atoms with Crippen LogP contribution in [0.15, 0.2) is 71.4 Å². The van der Waals surface area contributed by atoms with Crippen molar-refractivity contribution >= 4 is 41.7 Å². The Labute approximate surface area is 265 Å². The third-order valence-electron chi connectivity index (χ3n) is 7.35. The molecule has 2 aromatic carbocycles. The van der Waals surface area contributed by atoms with Crippen molar-refractivity contribution in [3.05, 3.63) is 94.3 Å². The number of amidine groups is 1. The van der Waals surface area contributed by atoms with E-state index in [0.29, 0.717) is 48.7 Å². The maximum atomic E-state index is 13.0. The second kappa shape index (κ2) is 16.2. The molecule has 2 aliphatic rings. The predicted molar refractivity (Wildman–Crippen MR) is 177 cm³/mol. The standard InChI is InChI=1S/C28H27N5O3.C7H15NO/c1-18-11-20-7-8-21(14-25(20)32-26(29)12-18)27(34)31-23-13-22-16-33(10-9-24(22)30-15-23)28(35)36-17-19-5-3-2-4-6-19;1-3-5-8(7-9)6-4-2/h2-8,11,13-15H,9-10,12,16-17H2,1H3,(H2,29,32)(H,31,34);7H,3-6H2,1-2H3. The zero-order valence-electron chi connectivity index (χ0n) is 26.3. The van der Waals surface area contributed by atoms with E-state index in [0.717, 1.165) is 60.3 Å². The summed E-state index contributed by atoms with van der Waals surface area (Å²) >= 11 is 0. The summed E-state index contributed by atoms with van der Waals surface area (Å²) in [5, 5.41) is 2.91. The second-order valence-electron chi connectivity index (χ2n) is 11.2. The van der Waals surface area contributed by atoms with Gasteiger partial charge in [0, 0.05) is 49.3 Å². The van der Waals surface area contributed by atoms with Gasteiger partial charge in [0.15, 0.2) is 0 Å². The number of fused-ring (bicyclic) bond motifs is 2. The summed E-state index contributed by atoms with van der Waals surface area (Å²) in [6.07, 6.45) is 7.57. The quantitative estimate of drug-likeness (QED) is 0.282. The molecule has 3 aromatic rings. The highest BCUT2D eigenvalue weighted by molar-refractivity contribution is 6.05. The summed E-state index contributed by atoms with van der Waals surface area (Å²) in [4.78, 5) is 48.2. The SMILES string of the molecule is CC1=Cc2ccc(C(=O)Nc3cnc4c(c3)CN(C(=O)OCc3ccccc3)CC4)cc2N=C(N)C1.CCCN(C=O)CCC. The van der Waals surface area contributed by atoms with Gasteiger partial charge in [-0.25, -0.2) is 9.79 Å². The minimum Gasteiger partial charge on any atom is -0.445 e. The number of nitrogens with two attached hydrogens (primary N) is 1. The van der Waals surface area contributed by atoms with Crippen molar-refractivity contribution in [3.63, 3.8) is 0 Å². The number of hydrogen-bond acceptors (Lipinski definition) is 7. The zero-order valence-corrected chi connectivity index (χ0v) is 26.3. The smallest absolute Gasteiger partial charge is 0.410 e. The van der Waals surface area contributed by atoms with Crippen LogP contribution in [0.2, 0.25) is 0 Å². The van der Waals surface area contributed by atoms with Crippen LogP contribution in [0, 0.1) is 0 Å². The van der Waals surface area contributed by atoms with Gasteiger partial charge >= 0.3 is 6.09 Å². The fourth-order valence-electron chi connectivity index (χ4n) is 5.16. The van der Waals surface area contributed by atoms with Crippen LogP contribution in [-0.4, -0.2) is 58.7 Å². The van der Waals surface area contributed by atoms with Gasteiger partial charge in [0.25, 0.3) is 5.91 Å². The molecule has 45 heavy (non-hydrogen) atoms. The van der Waals surface area contributed by atoms with Gasteiger partial charge in [0.2, 0.25) is 6.41 Å². The molecule has 0 aliphatic carbocycles. The van der Waals surface area contributed by atoms with Crippen LogP contribution in [0.3, 0.4) is 0 Å². The first kappa shape index (κ1) is 32.9. The number of aromatic nitrogens is 1. The van der Waals surface area contributed by atoms with Gasteiger partial charge in [-0.1, -0.05) is 61.9 Å². The first-order chi connectivity index (χ1) is 21.8. The number of carbonyl (C=O) groups excluding carboxylic acids is 3. The number of nitrogens with one attached hydrogen (secondary N) is 1. The molecular weight excluding hydrogens is 568 g/mol. The number of nitrogens with zero attached hydrogens (tertiary/aromatic N) is 4. The molecule has 0 bridgehead atoms. The lowest BCUT2D eigenvalue weighted by Crippen LogP contribution is -2.36. The lowest BCUT2D eigenvalue weighted by molar-refractivity contribution is -0.118. The molecule has 0 fully saturated rings. The zero-order chi connectivity index (χ0) is 32.2. The molecule has 0 saturated heterocycles. The predicted octanol–water partition coefficient (Wildman–Crippen LogP) is 6.09. The largest absolute Gasteiger partial charge is 0.445 e. The third kappa shape index (κ3) is 9.50. The van der Waals surface area contributed by atoms with E-state index in [2.05, 4.69) is 29.1 Å². The molecule has 0 spiro atoms. The average molecular weight is 611 g/mol. The molecular formula is C35H42N6O4. The Morgan fingerprint density at radius 2 is 1.84 bits per heavy atom. The van der Waals surface area contributed by atoms with E-state index in [1.54, 1.807) is 28.1 Å². The molecule has 3 N–H and O–H groups in total. The first-order valence-electron chi connectivity index (χ1n) is 15.4. The molecule has 3 heterocycles. The van der Waals surface area contributed by atoms with E-state index in [-0.39, 0.29) is 18.6 Å². The van der Waals surface area contributed by atoms with Crippen molar-refractivity contribution in [2.75, 3.05) is 25.0 Å². The molecule has 5 rings (SSSR count). The number of rotatable bonds is 9. The Bertz CT molecular complexity index is 1550. The second-order valence-corrected chi connectivity index (χ2v) is 11.2. The lowest BCUT2D eigenvalue weighted by atomic mass is 10.0. The van der Waals surface area contributed by atoms with Crippen LogP contribution in [0.25, 0.3) is 6.08 Å². The summed E-state index contributed by atoms with van der Waals surface area (Å²) < 4.78 is 5.48. The van der Waals surface area contributed by atoms with Crippen LogP contribution in [0.1, 0.15) is 72.8 Å². The molecule has 3 amide bonds. The van der Waals surface area contributed by atoms with Gasteiger partial charge in [-0.05, 0) is 49.1 Å². The fraction of sp³-hybridized carbons (Fsp3) is 0.343. The number of amides is 3. The summed E-state index contributed by atoms with van der Waals surface area (Å²) in [5.74, 6) is 0.249. The van der Waals surface area contributed by atoms with Crippen molar-refractivity contribution in [3.8, 4) is 0 Å². The Morgan fingerprint density at radius 1 is 1.09 bits per heavy atom. The minimum atomic E-state index is -0.368. The Kier molecular flexibility index (Phi) is 11.8. The molecule has 2 aliphatic heterocycles. The van der Waals surface area contributed by atoms with Crippen LogP contribution in [-0.2, 0) is 29.1 Å². The Morgan fingerprint density at radius 3 is 2.56 bits per heavy atom. The van der Waals surface area contributed by atoms with E-state index in [9.17, 15) is 14.4 Å². The molecule has 10 heteroatoms. The summed E-state index contributed by atoms with van der Waals surface area (Å²) in [5.41, 5.74) is 12.5. The highest BCUT2D eigenvalue weighted by Gasteiger charge is 2.23. The van der Waals surface area contributed by atoms with Crippen LogP contribution in [0.4, 0.5) is 16.2 Å². The van der Waals surface area contributed by atoms with E-state index < -0.39 is 0 Å². The van der Waals surface area contributed by atoms with Crippen LogP contribution >= 0.6 is 0 Å². The van der Waals surface area contributed by atoms with Crippen molar-refractivity contribution in [2.24, 2.45) is 10.7 Å². The van der Waals surface area contributed by atoms with Crippen molar-refractivity contribution in [2.45, 2.75) is 59.6 Å². The van der Waals surface area contributed by atoms with Crippen LogP contribution < -0.4 is 11.1 Å². The first-order valence-corrected chi connectivity index (χ1v) is 15.4. The number of carbonyl (C=O) groups is 3. The van der Waals surface area contributed by atoms with Crippen molar-refractivity contribution in [1.82, 2.24) is 14.8 Å². The molecule has 0 atom stereocenters.